The van der Waals surface area contributed by atoms with E-state index in [2.05, 4.69) is 19.8 Å². The molecule has 90 valence electrons. The fourth-order valence-electron chi connectivity index (χ4n) is 1.06. The number of carboxylic acids is 1. The summed E-state index contributed by atoms with van der Waals surface area (Å²) in [5, 5.41) is 19.7. The molecule has 0 atom stereocenters. The summed E-state index contributed by atoms with van der Waals surface area (Å²) >= 11 is 1.15. The maximum Gasteiger partial charge on any atom is 0.329 e. The Balaban J connectivity index is 2.01. The average Bonchev–Trinajstić information content (AvgIpc) is 2.86. The lowest BCUT2D eigenvalue weighted by Gasteiger charge is -1.94. The van der Waals surface area contributed by atoms with E-state index in [4.69, 9.17) is 14.3 Å². The maximum absolute atomic E-state index is 10.2. The molecule has 0 aliphatic rings. The summed E-state index contributed by atoms with van der Waals surface area (Å²) in [6, 6.07) is 0. The quantitative estimate of drug-likeness (QED) is 0.822. The zero-order valence-electron chi connectivity index (χ0n) is 8.78. The Hall–Kier alpha value is -1.87. The van der Waals surface area contributed by atoms with E-state index >= 15 is 0 Å². The molecule has 8 nitrogen and oxygen atoms in total. The van der Waals surface area contributed by atoms with Gasteiger partial charge in [-0.1, -0.05) is 4.49 Å². The number of carboxylic acid groups (broad SMARTS) is 1. The Morgan fingerprint density at radius 2 is 2.29 bits per heavy atom. The van der Waals surface area contributed by atoms with Gasteiger partial charge in [-0.2, -0.15) is 0 Å². The van der Waals surface area contributed by atoms with E-state index in [-0.39, 0.29) is 12.5 Å². The Labute approximate surface area is 99.4 Å². The predicted molar refractivity (Wildman–Crippen MR) is 55.2 cm³/mol. The summed E-state index contributed by atoms with van der Waals surface area (Å²) in [5.41, 5.74) is 0.705. The second-order valence-corrected chi connectivity index (χ2v) is 3.83. The van der Waals surface area contributed by atoms with Crippen molar-refractivity contribution in [3.05, 3.63) is 11.6 Å². The number of nitrogens with zero attached hydrogens (tertiary/aromatic N) is 4. The highest BCUT2D eigenvalue weighted by atomic mass is 32.1. The molecule has 9 heteroatoms. The summed E-state index contributed by atoms with van der Waals surface area (Å²) in [6.07, 6.45) is 0. The summed E-state index contributed by atoms with van der Waals surface area (Å²) in [4.78, 5) is 10.9. The minimum Gasteiger partial charge on any atom is -0.480 e. The summed E-state index contributed by atoms with van der Waals surface area (Å²) in [7, 11) is 0. The Morgan fingerprint density at radius 1 is 1.47 bits per heavy atom. The molecule has 2 heterocycles. The van der Waals surface area contributed by atoms with E-state index in [0.29, 0.717) is 16.5 Å². The summed E-state index contributed by atoms with van der Waals surface area (Å²) in [6.45, 7) is 1.34. The number of rotatable bonds is 5. The van der Waals surface area contributed by atoms with Gasteiger partial charge in [0.2, 0.25) is 5.89 Å². The molecule has 1 N–H and O–H groups in total. The van der Waals surface area contributed by atoms with E-state index in [1.54, 1.807) is 6.92 Å². The first-order valence-electron chi connectivity index (χ1n) is 4.58. The molecule has 0 aliphatic heterocycles. The highest BCUT2D eigenvalue weighted by Gasteiger charge is 2.14. The van der Waals surface area contributed by atoms with Gasteiger partial charge in [-0.3, -0.25) is 0 Å². The van der Waals surface area contributed by atoms with Crippen LogP contribution in [0.3, 0.4) is 0 Å². The van der Waals surface area contributed by atoms with Crippen LogP contribution in [-0.2, 0) is 16.1 Å². The van der Waals surface area contributed by atoms with Crippen molar-refractivity contribution < 1.29 is 19.1 Å². The fraction of sp³-hybridized carbons (Fsp3) is 0.375. The van der Waals surface area contributed by atoms with E-state index in [9.17, 15) is 4.79 Å². The van der Waals surface area contributed by atoms with Crippen molar-refractivity contribution in [1.29, 1.82) is 0 Å². The van der Waals surface area contributed by atoms with Gasteiger partial charge in [0, 0.05) is 0 Å². The lowest BCUT2D eigenvalue weighted by Crippen LogP contribution is -2.06. The van der Waals surface area contributed by atoms with Crippen molar-refractivity contribution in [2.75, 3.05) is 6.61 Å². The van der Waals surface area contributed by atoms with E-state index in [1.165, 1.54) is 0 Å². The van der Waals surface area contributed by atoms with Gasteiger partial charge >= 0.3 is 5.97 Å². The molecular weight excluding hydrogens is 248 g/mol. The largest absolute Gasteiger partial charge is 0.480 e. The van der Waals surface area contributed by atoms with Crippen LogP contribution in [0.1, 0.15) is 11.6 Å². The molecule has 2 aromatic heterocycles. The molecule has 2 aromatic rings. The van der Waals surface area contributed by atoms with Crippen LogP contribution in [-0.4, -0.2) is 37.5 Å². The van der Waals surface area contributed by atoms with Crippen molar-refractivity contribution in [2.24, 2.45) is 0 Å². The van der Waals surface area contributed by atoms with E-state index in [0.717, 1.165) is 11.5 Å². The molecule has 0 fully saturated rings. The van der Waals surface area contributed by atoms with Gasteiger partial charge in [0.25, 0.3) is 5.89 Å². The standard InChI is InChI=1S/C8H8N4O4S/c1-4-7(17-12-9-4)8-11-10-5(16-8)2-15-3-6(13)14/h2-3H2,1H3,(H,13,14). The number of ether oxygens (including phenoxy) is 1. The first-order valence-corrected chi connectivity index (χ1v) is 5.35. The van der Waals surface area contributed by atoms with Crippen molar-refractivity contribution in [2.45, 2.75) is 13.5 Å². The number of hydrogen-bond donors (Lipinski definition) is 1. The van der Waals surface area contributed by atoms with Crippen LogP contribution in [0, 0.1) is 6.92 Å². The third-order valence-corrected chi connectivity index (χ3v) is 2.58. The second kappa shape index (κ2) is 4.97. The molecule has 0 spiro atoms. The van der Waals surface area contributed by atoms with Gasteiger partial charge < -0.3 is 14.3 Å². The molecule has 0 bridgehead atoms. The average molecular weight is 256 g/mol. The van der Waals surface area contributed by atoms with Gasteiger partial charge in [0.05, 0.1) is 5.69 Å². The molecule has 0 unspecified atom stereocenters. The van der Waals surface area contributed by atoms with Crippen LogP contribution in [0.5, 0.6) is 0 Å². The Morgan fingerprint density at radius 3 is 2.94 bits per heavy atom. The SMILES string of the molecule is Cc1nnsc1-c1nnc(COCC(=O)O)o1. The van der Waals surface area contributed by atoms with Gasteiger partial charge in [0.15, 0.2) is 0 Å². The van der Waals surface area contributed by atoms with Gasteiger partial charge in [-0.25, -0.2) is 4.79 Å². The van der Waals surface area contributed by atoms with Crippen molar-refractivity contribution >= 4 is 17.5 Å². The Bertz CT molecular complexity index is 523. The predicted octanol–water partition coefficient (Wildman–Crippen LogP) is 0.498. The van der Waals surface area contributed by atoms with E-state index in [1.807, 2.05) is 0 Å². The van der Waals surface area contributed by atoms with Crippen LogP contribution in [0.2, 0.25) is 0 Å². The van der Waals surface area contributed by atoms with Crippen LogP contribution < -0.4 is 0 Å². The molecular formula is C8H8N4O4S. The van der Waals surface area contributed by atoms with E-state index < -0.39 is 12.6 Å². The lowest BCUT2D eigenvalue weighted by molar-refractivity contribution is -0.142. The molecule has 0 aromatic carbocycles. The summed E-state index contributed by atoms with van der Waals surface area (Å²) in [5.74, 6) is -0.521. The first-order chi connectivity index (χ1) is 8.16. The number of aliphatic carboxylic acids is 1. The van der Waals surface area contributed by atoms with Gasteiger partial charge in [0.1, 0.15) is 18.1 Å². The molecule has 0 amide bonds. The monoisotopic (exact) mass is 256 g/mol. The van der Waals surface area contributed by atoms with Crippen molar-refractivity contribution in [1.82, 2.24) is 19.8 Å². The zero-order valence-corrected chi connectivity index (χ0v) is 9.60. The molecule has 2 rings (SSSR count). The van der Waals surface area contributed by atoms with Crippen LogP contribution >= 0.6 is 11.5 Å². The minimum absolute atomic E-state index is 0.0371. The fourth-order valence-corrected chi connectivity index (χ4v) is 1.64. The third kappa shape index (κ3) is 2.82. The highest BCUT2D eigenvalue weighted by Crippen LogP contribution is 2.23. The van der Waals surface area contributed by atoms with Gasteiger partial charge in [-0.15, -0.1) is 15.3 Å². The lowest BCUT2D eigenvalue weighted by atomic mass is 10.4. The van der Waals surface area contributed by atoms with Crippen LogP contribution in [0.25, 0.3) is 10.8 Å². The smallest absolute Gasteiger partial charge is 0.329 e. The Kier molecular flexibility index (Phi) is 3.40. The van der Waals surface area contributed by atoms with Crippen molar-refractivity contribution in [3.8, 4) is 10.8 Å². The van der Waals surface area contributed by atoms with Crippen molar-refractivity contribution in [3.63, 3.8) is 0 Å². The maximum atomic E-state index is 10.2. The number of aryl methyl sites for hydroxylation is 1. The zero-order chi connectivity index (χ0) is 12.3. The molecule has 0 radical (unpaired) electrons. The third-order valence-electron chi connectivity index (χ3n) is 1.76. The van der Waals surface area contributed by atoms with Gasteiger partial charge in [-0.05, 0) is 18.5 Å². The number of aromatic nitrogens is 4. The summed E-state index contributed by atoms with van der Waals surface area (Å²) < 4.78 is 13.8. The molecule has 0 saturated heterocycles. The number of hydrogen-bond acceptors (Lipinski definition) is 8. The van der Waals surface area contributed by atoms with Crippen LogP contribution in [0.15, 0.2) is 4.42 Å². The topological polar surface area (TPSA) is 111 Å². The molecule has 0 saturated carbocycles. The first kappa shape index (κ1) is 11.6. The molecule has 0 aliphatic carbocycles. The second-order valence-electron chi connectivity index (χ2n) is 3.07. The highest BCUT2D eigenvalue weighted by molar-refractivity contribution is 7.09. The minimum atomic E-state index is -1.05. The number of carbonyl (C=O) groups is 1. The molecule has 17 heavy (non-hydrogen) atoms. The normalized spacial score (nSPS) is 10.6. The van der Waals surface area contributed by atoms with Crippen LogP contribution in [0.4, 0.5) is 0 Å².